The van der Waals surface area contributed by atoms with Gasteiger partial charge in [-0.3, -0.25) is 19.8 Å². The summed E-state index contributed by atoms with van der Waals surface area (Å²) in [5.41, 5.74) is 6.78. The normalized spacial score (nSPS) is 18.2. The molecule has 5 N–H and O–H groups in total. The minimum atomic E-state index is -1.10. The Hall–Kier alpha value is -4.20. The van der Waals surface area contributed by atoms with E-state index < -0.39 is 47.2 Å². The molecule has 0 aliphatic carbocycles. The monoisotopic (exact) mass is 597 g/mol. The molecule has 3 aromatic rings. The van der Waals surface area contributed by atoms with E-state index in [1.807, 2.05) is 0 Å². The molecule has 3 amide bonds. The smallest absolute Gasteiger partial charge is 0.251 e. The predicted octanol–water partition coefficient (Wildman–Crippen LogP) is 2.93. The number of halogens is 2. The average Bonchev–Trinajstić information content (AvgIpc) is 3.74. The van der Waals surface area contributed by atoms with Crippen LogP contribution in [0.5, 0.6) is 0 Å². The van der Waals surface area contributed by atoms with Crippen LogP contribution in [0.3, 0.4) is 0 Å². The summed E-state index contributed by atoms with van der Waals surface area (Å²) >= 11 is 1.36. The molecular weight excluding hydrogens is 568 g/mol. The second-order valence-corrected chi connectivity index (χ2v) is 11.1. The average molecular weight is 598 g/mol. The lowest BCUT2D eigenvalue weighted by atomic mass is 10.0. The molecule has 1 unspecified atom stereocenters. The minimum absolute atomic E-state index is 0.0234. The van der Waals surface area contributed by atoms with Crippen LogP contribution in [0.1, 0.15) is 40.2 Å². The summed E-state index contributed by atoms with van der Waals surface area (Å²) in [6.07, 6.45) is 0.131. The summed E-state index contributed by atoms with van der Waals surface area (Å²) in [7, 11) is 0. The fourth-order valence-electron chi connectivity index (χ4n) is 5.02. The number of carbonyl (C=O) groups excluding carboxylic acids is 3. The molecule has 5 rings (SSSR count). The molecule has 0 radical (unpaired) electrons. The van der Waals surface area contributed by atoms with Gasteiger partial charge in [-0.25, -0.2) is 8.78 Å². The summed E-state index contributed by atoms with van der Waals surface area (Å²) in [5, 5.41) is 14.8. The van der Waals surface area contributed by atoms with Gasteiger partial charge in [-0.1, -0.05) is 12.1 Å². The van der Waals surface area contributed by atoms with E-state index >= 15 is 0 Å². The van der Waals surface area contributed by atoms with E-state index in [2.05, 4.69) is 10.6 Å². The molecule has 10 nitrogen and oxygen atoms in total. The van der Waals surface area contributed by atoms with Crippen LogP contribution in [-0.2, 0) is 19.1 Å². The van der Waals surface area contributed by atoms with Crippen molar-refractivity contribution in [3.05, 3.63) is 81.5 Å². The van der Waals surface area contributed by atoms with Crippen molar-refractivity contribution in [1.29, 1.82) is 5.41 Å². The third kappa shape index (κ3) is 6.17. The highest BCUT2D eigenvalue weighted by Gasteiger charge is 2.52. The van der Waals surface area contributed by atoms with Crippen molar-refractivity contribution in [2.45, 2.75) is 31.2 Å². The maximum Gasteiger partial charge on any atom is 0.251 e. The number of amidine groups is 1. The third-order valence-corrected chi connectivity index (χ3v) is 8.35. The Bertz CT molecular complexity index is 1520. The van der Waals surface area contributed by atoms with Crippen LogP contribution in [0.2, 0.25) is 0 Å². The van der Waals surface area contributed by atoms with Crippen LogP contribution in [-0.4, -0.2) is 66.6 Å². The van der Waals surface area contributed by atoms with Crippen LogP contribution in [0.15, 0.2) is 53.9 Å². The van der Waals surface area contributed by atoms with Gasteiger partial charge in [-0.05, 0) is 48.9 Å². The number of hydrogen-bond acceptors (Lipinski definition) is 7. The molecule has 2 atom stereocenters. The summed E-state index contributed by atoms with van der Waals surface area (Å²) in [6.45, 7) is 2.10. The Kier molecular flexibility index (Phi) is 8.34. The predicted molar refractivity (Wildman–Crippen MR) is 151 cm³/mol. The molecule has 42 heavy (non-hydrogen) atoms. The number of nitrogen functional groups attached to an aromatic ring is 1. The highest BCUT2D eigenvalue weighted by atomic mass is 32.1. The van der Waals surface area contributed by atoms with E-state index in [4.69, 9.17) is 20.6 Å². The Labute approximate surface area is 244 Å². The number of amides is 3. The zero-order valence-corrected chi connectivity index (χ0v) is 23.4. The fraction of sp³-hybridized carbons (Fsp3) is 0.310. The lowest BCUT2D eigenvalue weighted by Gasteiger charge is -2.25. The van der Waals surface area contributed by atoms with Crippen LogP contribution >= 0.6 is 11.3 Å². The van der Waals surface area contributed by atoms with Gasteiger partial charge in [0.05, 0.1) is 32.3 Å². The zero-order chi connectivity index (χ0) is 30.0. The molecule has 2 aliphatic rings. The quantitative estimate of drug-likeness (QED) is 0.232. The number of carbonyl (C=O) groups is 3. The van der Waals surface area contributed by atoms with Crippen molar-refractivity contribution >= 4 is 34.9 Å². The van der Waals surface area contributed by atoms with Crippen molar-refractivity contribution < 1.29 is 32.6 Å². The number of benzene rings is 2. The number of nitrogens with one attached hydrogen (secondary N) is 3. The van der Waals surface area contributed by atoms with Gasteiger partial charge in [0.15, 0.2) is 5.79 Å². The molecule has 0 bridgehead atoms. The molecule has 13 heteroatoms. The first kappa shape index (κ1) is 29.3. The number of ether oxygens (including phenoxy) is 2. The second-order valence-electron chi connectivity index (χ2n) is 10.1. The topological polar surface area (TPSA) is 147 Å². The van der Waals surface area contributed by atoms with Gasteiger partial charge in [0, 0.05) is 33.4 Å². The van der Waals surface area contributed by atoms with Crippen LogP contribution in [0.25, 0.3) is 11.1 Å². The largest absolute Gasteiger partial charge is 0.384 e. The first-order valence-corrected chi connectivity index (χ1v) is 14.1. The lowest BCUT2D eigenvalue weighted by molar-refractivity contribution is -0.152. The molecular formula is C29H29F2N5O5S. The van der Waals surface area contributed by atoms with E-state index in [0.29, 0.717) is 24.3 Å². The summed E-state index contributed by atoms with van der Waals surface area (Å²) < 4.78 is 39.2. The third-order valence-electron chi connectivity index (χ3n) is 7.23. The summed E-state index contributed by atoms with van der Waals surface area (Å²) in [5.74, 6) is -3.81. The number of rotatable bonds is 8. The van der Waals surface area contributed by atoms with Crippen molar-refractivity contribution in [1.82, 2.24) is 15.5 Å². The van der Waals surface area contributed by atoms with Crippen molar-refractivity contribution in [2.24, 2.45) is 5.73 Å². The molecule has 1 aromatic heterocycles. The maximum atomic E-state index is 14.1. The van der Waals surface area contributed by atoms with Gasteiger partial charge in [0.2, 0.25) is 11.8 Å². The highest BCUT2D eigenvalue weighted by molar-refractivity contribution is 7.10. The molecule has 2 fully saturated rings. The summed E-state index contributed by atoms with van der Waals surface area (Å²) in [6, 6.07) is 9.42. The lowest BCUT2D eigenvalue weighted by Crippen LogP contribution is -2.49. The standard InChI is InChI=1S/C29H29F2N5O5S/c1-16(24-10-19(14-42-24)26(32)33)35-28(39)23-12-29(40-8-9-41-29)15-36(23)25(37)13-34-27(38)18-4-2-17(3-5-18)21-11-20(30)6-7-22(21)31/h2-7,10-11,14,16,23H,8-9,12-13,15H2,1H3,(H3,32,33)(H,34,38)(H,35,39)/t16?,23-/m0/s1. The Morgan fingerprint density at radius 2 is 1.83 bits per heavy atom. The zero-order valence-electron chi connectivity index (χ0n) is 22.6. The van der Waals surface area contributed by atoms with Crippen molar-refractivity contribution in [2.75, 3.05) is 26.3 Å². The highest BCUT2D eigenvalue weighted by Crippen LogP contribution is 2.35. The van der Waals surface area contributed by atoms with Crippen LogP contribution < -0.4 is 16.4 Å². The van der Waals surface area contributed by atoms with Gasteiger partial charge < -0.3 is 30.7 Å². The van der Waals surface area contributed by atoms with E-state index in [0.717, 1.165) is 23.1 Å². The molecule has 220 valence electrons. The molecule has 2 aliphatic heterocycles. The number of hydrogen-bond donors (Lipinski definition) is 4. The molecule has 2 saturated heterocycles. The number of likely N-dealkylation sites (tertiary alicyclic amines) is 1. The molecule has 2 aromatic carbocycles. The Balaban J connectivity index is 1.23. The number of nitrogens with two attached hydrogens (primary N) is 1. The van der Waals surface area contributed by atoms with Gasteiger partial charge in [0.25, 0.3) is 5.91 Å². The van der Waals surface area contributed by atoms with Gasteiger partial charge in [-0.15, -0.1) is 11.3 Å². The van der Waals surface area contributed by atoms with Gasteiger partial charge in [-0.2, -0.15) is 0 Å². The van der Waals surface area contributed by atoms with Crippen LogP contribution in [0.4, 0.5) is 8.78 Å². The Morgan fingerprint density at radius 1 is 1.12 bits per heavy atom. The number of thiophene rings is 1. The maximum absolute atomic E-state index is 14.1. The second kappa shape index (κ2) is 12.0. The van der Waals surface area contributed by atoms with Gasteiger partial charge in [0.1, 0.15) is 23.5 Å². The SMILES string of the molecule is CC(NC(=O)[C@@H]1CC2(CN1C(=O)CNC(=O)c1ccc(-c3cc(F)ccc3F)cc1)OCCO2)c1cc(C(=N)N)cs1. The number of nitrogens with zero attached hydrogens (tertiary/aromatic N) is 1. The Morgan fingerprint density at radius 3 is 2.50 bits per heavy atom. The van der Waals surface area contributed by atoms with E-state index in [-0.39, 0.29) is 36.5 Å². The van der Waals surface area contributed by atoms with Gasteiger partial charge >= 0.3 is 0 Å². The van der Waals surface area contributed by atoms with Crippen LogP contribution in [0, 0.1) is 17.0 Å². The first-order valence-electron chi connectivity index (χ1n) is 13.2. The minimum Gasteiger partial charge on any atom is -0.384 e. The van der Waals surface area contributed by atoms with E-state index in [9.17, 15) is 23.2 Å². The first-order chi connectivity index (χ1) is 20.0. The van der Waals surface area contributed by atoms with E-state index in [1.165, 1.54) is 40.5 Å². The van der Waals surface area contributed by atoms with Crippen molar-refractivity contribution in [3.63, 3.8) is 0 Å². The summed E-state index contributed by atoms with van der Waals surface area (Å²) in [4.78, 5) is 41.6. The molecule has 0 saturated carbocycles. The van der Waals surface area contributed by atoms with E-state index in [1.54, 1.807) is 18.4 Å². The van der Waals surface area contributed by atoms with Crippen molar-refractivity contribution in [3.8, 4) is 11.1 Å². The fourth-order valence-corrected chi connectivity index (χ4v) is 5.94. The molecule has 3 heterocycles. The molecule has 1 spiro atoms.